The molecule has 2 atom stereocenters. The van der Waals surface area contributed by atoms with Crippen molar-refractivity contribution < 1.29 is 42.9 Å². The van der Waals surface area contributed by atoms with Crippen molar-refractivity contribution in [1.82, 2.24) is 10.6 Å². The molecule has 0 spiro atoms. The molecule has 0 radical (unpaired) electrons. The molecule has 1 amide bonds. The number of aromatic hydroxyl groups is 2. The summed E-state index contributed by atoms with van der Waals surface area (Å²) in [6, 6.07) is 10.0. The predicted molar refractivity (Wildman–Crippen MR) is 142 cm³/mol. The summed E-state index contributed by atoms with van der Waals surface area (Å²) in [6.45, 7) is 0.888. The number of benzene rings is 3. The predicted octanol–water partition coefficient (Wildman–Crippen LogP) is 3.74. The van der Waals surface area contributed by atoms with E-state index in [0.717, 1.165) is 12.1 Å². The lowest BCUT2D eigenvalue weighted by Crippen LogP contribution is -2.49. The number of halogens is 3. The van der Waals surface area contributed by atoms with Crippen LogP contribution in [0.3, 0.4) is 0 Å². The van der Waals surface area contributed by atoms with E-state index in [1.807, 2.05) is 0 Å². The summed E-state index contributed by atoms with van der Waals surface area (Å²) in [5, 5.41) is 25.4. The standard InChI is InChI=1S/C28H26F2N2O7.ClH/c1-38-18-8-9-23(34)19(13-18)26(35)25-20(29)11-16(12-21(25)30)28(37)39-24-3-2-10-31-14-22(24)32-27(36)15-4-6-17(33)7-5-15;/h4-9,11-13,22,24,31,33-34H,2-3,10,14H2,1H3,(H,32,36);1H/t22-,24-;/m1./s1. The first kappa shape index (κ1) is 30.3. The summed E-state index contributed by atoms with van der Waals surface area (Å²) >= 11 is 0. The van der Waals surface area contributed by atoms with Crippen LogP contribution in [0.4, 0.5) is 8.78 Å². The maximum Gasteiger partial charge on any atom is 0.338 e. The minimum atomic E-state index is -1.31. The average molecular weight is 577 g/mol. The number of hydrogen-bond donors (Lipinski definition) is 4. The Hall–Kier alpha value is -4.22. The van der Waals surface area contributed by atoms with Gasteiger partial charge < -0.3 is 30.3 Å². The normalized spacial score (nSPS) is 16.7. The van der Waals surface area contributed by atoms with E-state index in [1.54, 1.807) is 0 Å². The van der Waals surface area contributed by atoms with E-state index in [0.29, 0.717) is 31.5 Å². The third-order valence-corrected chi connectivity index (χ3v) is 6.31. The molecule has 1 heterocycles. The Bertz CT molecular complexity index is 1380. The van der Waals surface area contributed by atoms with Crippen LogP contribution in [0.1, 0.15) is 49.5 Å². The number of carbonyl (C=O) groups is 3. The van der Waals surface area contributed by atoms with Crippen molar-refractivity contribution >= 4 is 30.1 Å². The van der Waals surface area contributed by atoms with Gasteiger partial charge in [-0.25, -0.2) is 13.6 Å². The van der Waals surface area contributed by atoms with Crippen molar-refractivity contribution in [1.29, 1.82) is 0 Å². The molecule has 4 N–H and O–H groups in total. The minimum Gasteiger partial charge on any atom is -0.508 e. The topological polar surface area (TPSA) is 134 Å². The molecule has 1 aliphatic heterocycles. The van der Waals surface area contributed by atoms with Gasteiger partial charge in [0.15, 0.2) is 0 Å². The number of ether oxygens (including phenoxy) is 2. The Morgan fingerprint density at radius 3 is 2.30 bits per heavy atom. The third-order valence-electron chi connectivity index (χ3n) is 6.31. The van der Waals surface area contributed by atoms with Crippen LogP contribution in [-0.2, 0) is 4.74 Å². The highest BCUT2D eigenvalue weighted by Gasteiger charge is 2.30. The number of amides is 1. The van der Waals surface area contributed by atoms with Gasteiger partial charge in [0.25, 0.3) is 5.91 Å². The number of rotatable bonds is 7. The van der Waals surface area contributed by atoms with Crippen LogP contribution in [0.25, 0.3) is 0 Å². The molecule has 1 aliphatic rings. The van der Waals surface area contributed by atoms with Crippen LogP contribution in [-0.4, -0.2) is 60.2 Å². The zero-order valence-corrected chi connectivity index (χ0v) is 22.1. The minimum absolute atomic E-state index is 0. The fraction of sp³-hybridized carbons (Fsp3) is 0.250. The summed E-state index contributed by atoms with van der Waals surface area (Å²) in [7, 11) is 1.33. The van der Waals surface area contributed by atoms with Gasteiger partial charge in [0.05, 0.1) is 29.8 Å². The molecule has 0 unspecified atom stereocenters. The number of phenolic OH excluding ortho intramolecular Hbond substituents is 2. The monoisotopic (exact) mass is 576 g/mol. The molecule has 0 bridgehead atoms. The van der Waals surface area contributed by atoms with Gasteiger partial charge >= 0.3 is 5.97 Å². The zero-order chi connectivity index (χ0) is 28.1. The molecule has 9 nitrogen and oxygen atoms in total. The van der Waals surface area contributed by atoms with E-state index in [9.17, 15) is 33.4 Å². The Kier molecular flexibility index (Phi) is 10.0. The van der Waals surface area contributed by atoms with Gasteiger partial charge in [-0.3, -0.25) is 9.59 Å². The van der Waals surface area contributed by atoms with Crippen molar-refractivity contribution in [2.45, 2.75) is 25.0 Å². The smallest absolute Gasteiger partial charge is 0.338 e. The van der Waals surface area contributed by atoms with Crippen molar-refractivity contribution in [2.75, 3.05) is 20.2 Å². The second kappa shape index (κ2) is 13.2. The molecule has 0 aromatic heterocycles. The molecule has 3 aromatic carbocycles. The molecule has 4 rings (SSSR count). The maximum atomic E-state index is 15.0. The number of hydrogen-bond acceptors (Lipinski definition) is 8. The number of methoxy groups -OCH3 is 1. The number of nitrogens with one attached hydrogen (secondary N) is 2. The van der Waals surface area contributed by atoms with Crippen LogP contribution in [0.2, 0.25) is 0 Å². The van der Waals surface area contributed by atoms with Gasteiger partial charge in [-0.2, -0.15) is 0 Å². The number of carbonyl (C=O) groups excluding carboxylic acids is 3. The Balaban J connectivity index is 0.00000441. The second-order valence-electron chi connectivity index (χ2n) is 8.94. The van der Waals surface area contributed by atoms with E-state index < -0.39 is 58.3 Å². The summed E-state index contributed by atoms with van der Waals surface area (Å²) in [6.07, 6.45) is 0.175. The van der Waals surface area contributed by atoms with E-state index in [-0.39, 0.29) is 41.6 Å². The molecule has 40 heavy (non-hydrogen) atoms. The highest BCUT2D eigenvalue weighted by atomic mass is 35.5. The first-order chi connectivity index (χ1) is 18.7. The Labute approximate surface area is 234 Å². The van der Waals surface area contributed by atoms with Crippen molar-refractivity contribution in [2.24, 2.45) is 0 Å². The van der Waals surface area contributed by atoms with Crippen LogP contribution in [0.15, 0.2) is 54.6 Å². The number of esters is 1. The highest BCUT2D eigenvalue weighted by molar-refractivity contribution is 6.11. The largest absolute Gasteiger partial charge is 0.508 e. The first-order valence-electron chi connectivity index (χ1n) is 12.1. The second-order valence-corrected chi connectivity index (χ2v) is 8.94. The number of ketones is 1. The van der Waals surface area contributed by atoms with Crippen molar-refractivity contribution in [3.05, 3.63) is 88.5 Å². The third kappa shape index (κ3) is 6.85. The summed E-state index contributed by atoms with van der Waals surface area (Å²) in [5.74, 6) is -5.54. The molecule has 1 fully saturated rings. The van der Waals surface area contributed by atoms with Gasteiger partial charge in [-0.1, -0.05) is 0 Å². The molecule has 1 saturated heterocycles. The molecular weight excluding hydrogens is 550 g/mol. The first-order valence-corrected chi connectivity index (χ1v) is 12.1. The van der Waals surface area contributed by atoms with Gasteiger partial charge in [-0.15, -0.1) is 12.4 Å². The van der Waals surface area contributed by atoms with E-state index >= 15 is 0 Å². The number of phenols is 2. The highest BCUT2D eigenvalue weighted by Crippen LogP contribution is 2.28. The van der Waals surface area contributed by atoms with E-state index in [4.69, 9.17) is 9.47 Å². The summed E-state index contributed by atoms with van der Waals surface area (Å²) < 4.78 is 40.5. The van der Waals surface area contributed by atoms with Gasteiger partial charge in [0.1, 0.15) is 35.0 Å². The average Bonchev–Trinajstić information content (AvgIpc) is 3.13. The van der Waals surface area contributed by atoms with Crippen molar-refractivity contribution in [3.63, 3.8) is 0 Å². The quantitative estimate of drug-likeness (QED) is 0.247. The van der Waals surface area contributed by atoms with Crippen LogP contribution in [0, 0.1) is 11.6 Å². The molecule has 0 aliphatic carbocycles. The fourth-order valence-corrected chi connectivity index (χ4v) is 4.24. The van der Waals surface area contributed by atoms with E-state index in [2.05, 4.69) is 10.6 Å². The molecular formula is C28H27ClF2N2O7. The molecule has 12 heteroatoms. The molecule has 3 aromatic rings. The van der Waals surface area contributed by atoms with Gasteiger partial charge in [0.2, 0.25) is 5.78 Å². The van der Waals surface area contributed by atoms with Crippen molar-refractivity contribution in [3.8, 4) is 17.2 Å². The maximum absolute atomic E-state index is 15.0. The van der Waals surface area contributed by atoms with Crippen LogP contribution in [0.5, 0.6) is 17.2 Å². The Morgan fingerprint density at radius 1 is 0.975 bits per heavy atom. The molecule has 212 valence electrons. The van der Waals surface area contributed by atoms with Gasteiger partial charge in [-0.05, 0) is 74.0 Å². The lowest BCUT2D eigenvalue weighted by Gasteiger charge is -2.26. The van der Waals surface area contributed by atoms with Crippen LogP contribution >= 0.6 is 12.4 Å². The molecule has 0 saturated carbocycles. The zero-order valence-electron chi connectivity index (χ0n) is 21.3. The SMILES string of the molecule is COc1ccc(O)c(C(=O)c2c(F)cc(C(=O)O[C@@H]3CCCNC[C@H]3NC(=O)c3ccc(O)cc3)cc2F)c1.Cl. The van der Waals surface area contributed by atoms with Gasteiger partial charge in [0, 0.05) is 12.1 Å². The lowest BCUT2D eigenvalue weighted by molar-refractivity contribution is 0.0191. The Morgan fingerprint density at radius 2 is 1.65 bits per heavy atom. The fourth-order valence-electron chi connectivity index (χ4n) is 4.24. The summed E-state index contributed by atoms with van der Waals surface area (Å²) in [5.41, 5.74) is -1.50. The van der Waals surface area contributed by atoms with E-state index in [1.165, 1.54) is 37.4 Å². The summed E-state index contributed by atoms with van der Waals surface area (Å²) in [4.78, 5) is 38.4. The lowest BCUT2D eigenvalue weighted by atomic mass is 9.99. The van der Waals surface area contributed by atoms with Crippen LogP contribution < -0.4 is 15.4 Å².